The van der Waals surface area contributed by atoms with Crippen LogP contribution in [0.4, 0.5) is 0 Å². The van der Waals surface area contributed by atoms with E-state index in [1.807, 2.05) is 97.2 Å². The summed E-state index contributed by atoms with van der Waals surface area (Å²) in [6.07, 6.45) is 1.86. The van der Waals surface area contributed by atoms with E-state index in [1.54, 1.807) is 0 Å². The van der Waals surface area contributed by atoms with Crippen molar-refractivity contribution in [2.45, 2.75) is 0 Å². The summed E-state index contributed by atoms with van der Waals surface area (Å²) in [7, 11) is 0. The number of pyridine rings is 1. The Morgan fingerprint density at radius 2 is 0.393 bits per heavy atom. The van der Waals surface area contributed by atoms with Crippen LogP contribution in [0, 0.1) is 0 Å². The molecule has 0 aliphatic heterocycles. The highest BCUT2D eigenvalue weighted by atomic mass is 15.1. The number of fused-ring (bicyclic) bond motifs is 24. The molecule has 0 N–H and O–H groups in total. The second-order valence-corrected chi connectivity index (χ2v) is 38.6. The van der Waals surface area contributed by atoms with Crippen LogP contribution in [-0.4, -0.2) is 62.3 Å². The fourth-order valence-electron chi connectivity index (χ4n) is 23.1. The summed E-state index contributed by atoms with van der Waals surface area (Å²) >= 11 is 0. The van der Waals surface area contributed by atoms with Crippen LogP contribution in [0.15, 0.2) is 516 Å². The predicted octanol–water partition coefficient (Wildman–Crippen LogP) is 34.7. The van der Waals surface area contributed by atoms with E-state index in [0.717, 1.165) is 162 Å². The van der Waals surface area contributed by atoms with Gasteiger partial charge in [0.05, 0.1) is 99.3 Å². The summed E-state index contributed by atoms with van der Waals surface area (Å²) in [5.41, 5.74) is 31.1. The van der Waals surface area contributed by atoms with Gasteiger partial charge in [-0.1, -0.05) is 340 Å². The van der Waals surface area contributed by atoms with Crippen LogP contribution in [0.5, 0.6) is 0 Å². The third-order valence-corrected chi connectivity index (χ3v) is 30.0. The van der Waals surface area contributed by atoms with E-state index in [1.165, 1.54) is 125 Å². The third-order valence-electron chi connectivity index (χ3n) is 30.0. The third kappa shape index (κ3) is 14.0. The second-order valence-electron chi connectivity index (χ2n) is 38.6. The Bertz CT molecular complexity index is 11000. The largest absolute Gasteiger partial charge is 0.309 e. The van der Waals surface area contributed by atoms with Crippen LogP contribution >= 0.6 is 0 Å². The van der Waals surface area contributed by atoms with Crippen molar-refractivity contribution in [3.63, 3.8) is 0 Å². The van der Waals surface area contributed by atoms with Crippen LogP contribution in [0.2, 0.25) is 0 Å². The summed E-state index contributed by atoms with van der Waals surface area (Å²) < 4.78 is 14.1. The normalized spacial score (nSPS) is 11.9. The zero-order valence-corrected chi connectivity index (χ0v) is 80.9. The van der Waals surface area contributed by atoms with Crippen molar-refractivity contribution in [3.05, 3.63) is 516 Å². The van der Waals surface area contributed by atoms with E-state index < -0.39 is 0 Å². The maximum atomic E-state index is 5.43. The smallest absolute Gasteiger partial charge is 0.165 e. The first kappa shape index (κ1) is 85.2. The minimum absolute atomic E-state index is 0.807. The standard InChI is InChI=1S/2C48H30N4.C41H25N5/c1-4-14-31(15-5-1)35-24-25-43-37(27-35)39-29-40-38-26-33-18-10-11-19-34(33)28-44(38)51(36-20-8-3-9-21-36)45(40)30-46(39)52(43)48-47(32-16-6-2-7-17-32)49-41-22-12-13-23-42(41)50-48;1-4-14-31(15-5-1)35-24-25-37-39-29-40-38-26-33-18-10-11-19-34(33)27-44(38)51(36-20-8-3-9-21-36)45(40)30-46(39)52(43(37)28-35)48-47(32-16-6-2-7-17-32)49-41-22-12-13-23-42(41)50-48;1-2-12-26(13-3-1)40-41(44-34-18-8-7-17-33(34)43-40)46-35-19-9-6-16-29(35)31-24-32-30-22-27-14-4-5-15-28(27)23-36(30)45(37(32)25-38(31)46)39-20-10-11-21-42-39/h2*1-30H;1-25H. The monoisotopic (exact) mass is 1910 g/mol. The molecule has 32 aromatic rings. The maximum absolute atomic E-state index is 5.43. The molecule has 0 aliphatic carbocycles. The molecule has 0 aliphatic rings. The van der Waals surface area contributed by atoms with Gasteiger partial charge in [0.25, 0.3) is 0 Å². The van der Waals surface area contributed by atoms with Gasteiger partial charge in [-0.15, -0.1) is 0 Å². The van der Waals surface area contributed by atoms with Crippen LogP contribution in [0.3, 0.4) is 0 Å². The van der Waals surface area contributed by atoms with Crippen molar-refractivity contribution in [3.8, 4) is 90.7 Å². The Balaban J connectivity index is 0.000000104. The number of rotatable bonds is 11. The molecule has 0 atom stereocenters. The van der Waals surface area contributed by atoms with E-state index in [4.69, 9.17) is 34.9 Å². The summed E-state index contributed by atoms with van der Waals surface area (Å²) in [5, 5.41) is 21.7. The van der Waals surface area contributed by atoms with E-state index in [9.17, 15) is 0 Å². The van der Waals surface area contributed by atoms with E-state index >= 15 is 0 Å². The molecule has 10 heterocycles. The first-order chi connectivity index (χ1) is 74.4. The van der Waals surface area contributed by atoms with Crippen LogP contribution < -0.4 is 0 Å². The average molecular weight is 1910 g/mol. The molecule has 0 saturated heterocycles. The lowest BCUT2D eigenvalue weighted by atomic mass is 10.0. The van der Waals surface area contributed by atoms with E-state index in [-0.39, 0.29) is 0 Å². The molecule has 22 aromatic carbocycles. The van der Waals surface area contributed by atoms with Crippen molar-refractivity contribution in [2.75, 3.05) is 0 Å². The number of nitrogens with zero attached hydrogens (tertiary/aromatic N) is 13. The summed E-state index contributed by atoms with van der Waals surface area (Å²) in [6, 6.07) is 181. The molecule has 0 amide bonds. The highest BCUT2D eigenvalue weighted by molar-refractivity contribution is 6.25. The topological polar surface area (TPSA) is 120 Å². The summed E-state index contributed by atoms with van der Waals surface area (Å²) in [6.45, 7) is 0. The fourth-order valence-corrected chi connectivity index (χ4v) is 23.1. The van der Waals surface area contributed by atoms with Crippen molar-refractivity contribution in [1.82, 2.24) is 62.3 Å². The van der Waals surface area contributed by atoms with Crippen LogP contribution in [-0.2, 0) is 0 Å². The van der Waals surface area contributed by atoms with Gasteiger partial charge in [-0.2, -0.15) is 0 Å². The quantitative estimate of drug-likeness (QED) is 0.126. The Hall–Kier alpha value is -20.4. The molecule has 13 nitrogen and oxygen atoms in total. The average Bonchev–Trinajstić information content (AvgIpc) is 1.55. The molecule has 0 bridgehead atoms. The highest BCUT2D eigenvalue weighted by Crippen LogP contribution is 2.49. The van der Waals surface area contributed by atoms with Gasteiger partial charge in [-0.3, -0.25) is 18.3 Å². The zero-order valence-electron chi connectivity index (χ0n) is 80.9. The SMILES string of the molecule is c1ccc(-c2ccc3c(c2)c2cc4c5cc6ccccc6cc5n(-c5ccccc5)c4cc2n3-c2nc3ccccc3nc2-c2ccccc2)cc1.c1ccc(-c2ccc3c4cc5c6cc7ccccc7cc6n(-c6ccccc6)c5cc4n(-c4nc5ccccc5nc4-c4ccccc4)c3c2)cc1.c1ccc(-c2nc3ccccc3nc2-n2c3ccccc3c3cc4c5cc6ccccc6cc5n(-c5ccccn5)c4cc32)cc1. The van der Waals surface area contributed by atoms with Gasteiger partial charge in [0.1, 0.15) is 22.9 Å². The van der Waals surface area contributed by atoms with Crippen molar-refractivity contribution >= 4 is 196 Å². The fraction of sp³-hybridized carbons (Fsp3) is 0. The first-order valence-corrected chi connectivity index (χ1v) is 50.8. The zero-order chi connectivity index (χ0) is 98.5. The van der Waals surface area contributed by atoms with Crippen molar-refractivity contribution in [1.29, 1.82) is 0 Å². The molecular weight excluding hydrogens is 1830 g/mol. The molecular formula is C137H85N13. The molecule has 0 radical (unpaired) electrons. The highest BCUT2D eigenvalue weighted by Gasteiger charge is 2.30. The molecule has 10 aromatic heterocycles. The second kappa shape index (κ2) is 34.7. The van der Waals surface area contributed by atoms with Gasteiger partial charge in [-0.05, 0) is 224 Å². The van der Waals surface area contributed by atoms with Crippen molar-refractivity contribution < 1.29 is 0 Å². The Labute approximate surface area is 859 Å². The molecule has 0 saturated carbocycles. The lowest BCUT2D eigenvalue weighted by Gasteiger charge is -2.14. The number of para-hydroxylation sites is 9. The molecule has 698 valence electrons. The molecule has 32 rings (SSSR count). The van der Waals surface area contributed by atoms with Crippen molar-refractivity contribution in [2.24, 2.45) is 0 Å². The number of aromatic nitrogens is 13. The van der Waals surface area contributed by atoms with Gasteiger partial charge < -0.3 is 9.13 Å². The number of hydrogen-bond acceptors (Lipinski definition) is 7. The maximum Gasteiger partial charge on any atom is 0.165 e. The van der Waals surface area contributed by atoms with E-state index in [2.05, 4.69) is 446 Å². The molecule has 0 spiro atoms. The van der Waals surface area contributed by atoms with Crippen LogP contribution in [0.25, 0.3) is 287 Å². The number of hydrogen-bond donors (Lipinski definition) is 0. The molecule has 150 heavy (non-hydrogen) atoms. The Kier molecular flexibility index (Phi) is 19.7. The number of benzene rings is 22. The minimum atomic E-state index is 0.807. The predicted molar refractivity (Wildman–Crippen MR) is 622 cm³/mol. The summed E-state index contributed by atoms with van der Waals surface area (Å²) in [4.78, 5) is 36.8. The summed E-state index contributed by atoms with van der Waals surface area (Å²) in [5.74, 6) is 3.31. The van der Waals surface area contributed by atoms with Crippen LogP contribution in [0.1, 0.15) is 0 Å². The molecule has 0 unspecified atom stereocenters. The Morgan fingerprint density at radius 1 is 0.133 bits per heavy atom. The van der Waals surface area contributed by atoms with Gasteiger partial charge in [0, 0.05) is 98.9 Å². The van der Waals surface area contributed by atoms with Gasteiger partial charge in [0.2, 0.25) is 0 Å². The van der Waals surface area contributed by atoms with E-state index in [0.29, 0.717) is 0 Å². The lowest BCUT2D eigenvalue weighted by molar-refractivity contribution is 1.07. The molecule has 13 heteroatoms. The minimum Gasteiger partial charge on any atom is -0.309 e. The molecule has 0 fully saturated rings. The van der Waals surface area contributed by atoms with Gasteiger partial charge >= 0.3 is 0 Å². The van der Waals surface area contributed by atoms with Gasteiger partial charge in [-0.25, -0.2) is 34.9 Å². The van der Waals surface area contributed by atoms with Gasteiger partial charge in [0.15, 0.2) is 17.5 Å². The first-order valence-electron chi connectivity index (χ1n) is 50.8. The Morgan fingerprint density at radius 3 is 0.787 bits per heavy atom. The lowest BCUT2D eigenvalue weighted by Crippen LogP contribution is -2.04.